The van der Waals surface area contributed by atoms with E-state index in [-0.39, 0.29) is 11.8 Å². The minimum atomic E-state index is -2.52. The number of carbonyl (C=O) groups is 2. The first-order chi connectivity index (χ1) is 22.2. The van der Waals surface area contributed by atoms with Gasteiger partial charge in [0.2, 0.25) is 11.8 Å². The zero-order valence-electron chi connectivity index (χ0n) is 31.2. The second-order valence-corrected chi connectivity index (χ2v) is 17.9. The highest BCUT2D eigenvalue weighted by atomic mass is 28.3. The van der Waals surface area contributed by atoms with Crippen LogP contribution in [0.2, 0.25) is 6.55 Å². The third-order valence-electron chi connectivity index (χ3n) is 9.22. The maximum atomic E-state index is 12.6. The van der Waals surface area contributed by atoms with Gasteiger partial charge in [0, 0.05) is 12.8 Å². The zero-order valence-corrected chi connectivity index (χ0v) is 32.2. The number of carbonyl (C=O) groups excluding carboxylic acids is 2. The van der Waals surface area contributed by atoms with Crippen LogP contribution in [-0.4, -0.2) is 20.2 Å². The van der Waals surface area contributed by atoms with Gasteiger partial charge >= 0.3 is 0 Å². The molecule has 0 bridgehead atoms. The molecule has 0 radical (unpaired) electrons. The van der Waals surface area contributed by atoms with Crippen LogP contribution in [0.4, 0.5) is 0 Å². The number of hydrogen-bond donors (Lipinski definition) is 2. The van der Waals surface area contributed by atoms with Crippen molar-refractivity contribution in [1.29, 1.82) is 0 Å². The van der Waals surface area contributed by atoms with Crippen molar-refractivity contribution < 1.29 is 9.59 Å². The van der Waals surface area contributed by atoms with E-state index in [2.05, 4.69) is 43.5 Å². The van der Waals surface area contributed by atoms with E-state index in [9.17, 15) is 9.59 Å². The number of amides is 2. The molecule has 268 valence electrons. The Morgan fingerprint density at radius 2 is 0.630 bits per heavy atom. The smallest absolute Gasteiger partial charge is 0.285 e. The molecule has 0 saturated heterocycles. The third-order valence-corrected chi connectivity index (χ3v) is 11.6. The Bertz CT molecular complexity index is 735. The highest BCUT2D eigenvalue weighted by molar-refractivity contribution is 6.82. The Kier molecular flexibility index (Phi) is 30.8. The van der Waals surface area contributed by atoms with Gasteiger partial charge in [-0.25, -0.2) is 0 Å². The van der Waals surface area contributed by atoms with Crippen LogP contribution in [0.5, 0.6) is 0 Å². The van der Waals surface area contributed by atoms with Crippen LogP contribution in [0, 0.1) is 0 Å². The lowest BCUT2D eigenvalue weighted by Gasteiger charge is -2.25. The van der Waals surface area contributed by atoms with Crippen LogP contribution in [0.3, 0.4) is 0 Å². The van der Waals surface area contributed by atoms with Gasteiger partial charge in [-0.15, -0.1) is 19.7 Å². The number of rotatable bonds is 35. The molecule has 0 aliphatic heterocycles. The van der Waals surface area contributed by atoms with E-state index < -0.39 is 8.40 Å². The van der Waals surface area contributed by atoms with Gasteiger partial charge < -0.3 is 9.96 Å². The Hall–Kier alpha value is -1.62. The molecule has 0 saturated carbocycles. The second kappa shape index (κ2) is 31.9. The molecule has 0 spiro atoms. The normalized spacial score (nSPS) is 11.4. The second-order valence-electron chi connectivity index (χ2n) is 14.6. The zero-order chi connectivity index (χ0) is 34.1. The first kappa shape index (κ1) is 44.4. The molecule has 0 aliphatic rings. The van der Waals surface area contributed by atoms with E-state index >= 15 is 0 Å². The lowest BCUT2D eigenvalue weighted by molar-refractivity contribution is -0.120. The molecule has 0 fully saturated rings. The minimum absolute atomic E-state index is 0.0487. The first-order valence-corrected chi connectivity index (χ1v) is 22.3. The van der Waals surface area contributed by atoms with E-state index in [1.807, 2.05) is 6.55 Å². The SMILES string of the molecule is C=C[Si](C)(NC(=O)CCCCCCCCCCCCCCCC(=C)C)NC(=O)CCCCCCCCCCCCCCCC(=C)C. The van der Waals surface area contributed by atoms with Gasteiger partial charge in [-0.1, -0.05) is 158 Å². The van der Waals surface area contributed by atoms with Crippen LogP contribution in [0.25, 0.3) is 0 Å². The van der Waals surface area contributed by atoms with Gasteiger partial charge in [-0.2, -0.15) is 0 Å². The summed E-state index contributed by atoms with van der Waals surface area (Å²) in [5.74, 6) is 0.0974. The monoisotopic (exact) mass is 659 g/mol. The van der Waals surface area contributed by atoms with Crippen molar-refractivity contribution in [2.75, 3.05) is 0 Å². The molecule has 46 heavy (non-hydrogen) atoms. The van der Waals surface area contributed by atoms with E-state index in [1.165, 1.54) is 165 Å². The first-order valence-electron chi connectivity index (χ1n) is 19.7. The summed E-state index contributed by atoms with van der Waals surface area (Å²) in [7, 11) is -2.52. The average molecular weight is 659 g/mol. The molecule has 4 nitrogen and oxygen atoms in total. The van der Waals surface area contributed by atoms with Crippen LogP contribution in [0.15, 0.2) is 36.6 Å². The molecule has 2 N–H and O–H groups in total. The molecule has 0 aromatic heterocycles. The van der Waals surface area contributed by atoms with Gasteiger partial charge in [0.05, 0.1) is 0 Å². The van der Waals surface area contributed by atoms with Crippen molar-refractivity contribution in [3.8, 4) is 0 Å². The summed E-state index contributed by atoms with van der Waals surface area (Å²) < 4.78 is 0. The fourth-order valence-corrected chi connectivity index (χ4v) is 7.83. The third kappa shape index (κ3) is 32.3. The van der Waals surface area contributed by atoms with Gasteiger partial charge in [0.1, 0.15) is 0 Å². The molecule has 0 rings (SSSR count). The van der Waals surface area contributed by atoms with Crippen molar-refractivity contribution in [1.82, 2.24) is 9.96 Å². The minimum Gasteiger partial charge on any atom is -0.362 e. The Balaban J connectivity index is 3.65. The molecular formula is C41H78N2O2Si. The standard InChI is InChI=1S/C41H78N2O2Si/c1-7-46(6,42-40(44)36-32-28-24-20-16-12-8-10-14-18-22-26-30-34-38(2)3)43-41(45)37-33-29-25-21-17-13-9-11-15-19-23-27-31-35-39(4)5/h7H,1-2,4,8-37H2,3,5-6H3,(H,42,44)(H,43,45). The fraction of sp³-hybridized carbons (Fsp3) is 0.805. The molecule has 0 aromatic carbocycles. The summed E-state index contributed by atoms with van der Waals surface area (Å²) in [5.41, 5.74) is 4.40. The molecular weight excluding hydrogens is 581 g/mol. The van der Waals surface area contributed by atoms with E-state index in [1.54, 1.807) is 5.70 Å². The molecule has 2 amide bonds. The van der Waals surface area contributed by atoms with Crippen molar-refractivity contribution in [2.24, 2.45) is 0 Å². The number of allylic oxidation sites excluding steroid dienone is 2. The predicted molar refractivity (Wildman–Crippen MR) is 206 cm³/mol. The molecule has 5 heteroatoms. The molecule has 0 unspecified atom stereocenters. The summed E-state index contributed by atoms with van der Waals surface area (Å²) in [6.07, 6.45) is 36.9. The number of hydrogen-bond acceptors (Lipinski definition) is 2. The van der Waals surface area contributed by atoms with Gasteiger partial charge in [0.25, 0.3) is 8.40 Å². The average Bonchev–Trinajstić information content (AvgIpc) is 3.00. The Labute approximate surface area is 288 Å². The van der Waals surface area contributed by atoms with Crippen LogP contribution < -0.4 is 9.96 Å². The molecule has 0 aliphatic carbocycles. The van der Waals surface area contributed by atoms with Gasteiger partial charge in [0.15, 0.2) is 0 Å². The van der Waals surface area contributed by atoms with E-state index in [4.69, 9.17) is 0 Å². The molecule has 0 aromatic rings. The molecule has 0 heterocycles. The number of unbranched alkanes of at least 4 members (excludes halogenated alkanes) is 24. The Morgan fingerprint density at radius 1 is 0.435 bits per heavy atom. The number of nitrogens with one attached hydrogen (secondary N) is 2. The summed E-state index contributed by atoms with van der Waals surface area (Å²) >= 11 is 0. The topological polar surface area (TPSA) is 58.2 Å². The highest BCUT2D eigenvalue weighted by Gasteiger charge is 2.28. The quantitative estimate of drug-likeness (QED) is 0.0404. The van der Waals surface area contributed by atoms with Gasteiger partial charge in [-0.05, 0) is 58.9 Å². The van der Waals surface area contributed by atoms with Crippen molar-refractivity contribution in [3.63, 3.8) is 0 Å². The van der Waals surface area contributed by atoms with Crippen molar-refractivity contribution in [3.05, 3.63) is 36.6 Å². The highest BCUT2D eigenvalue weighted by Crippen LogP contribution is 2.16. The predicted octanol–water partition coefficient (Wildman–Crippen LogP) is 12.9. The van der Waals surface area contributed by atoms with Gasteiger partial charge in [-0.3, -0.25) is 9.59 Å². The molecule has 0 atom stereocenters. The Morgan fingerprint density at radius 3 is 0.826 bits per heavy atom. The summed E-state index contributed by atoms with van der Waals surface area (Å²) in [6.45, 7) is 18.1. The lowest BCUT2D eigenvalue weighted by Crippen LogP contribution is -2.62. The van der Waals surface area contributed by atoms with Crippen molar-refractivity contribution in [2.45, 2.75) is 213 Å². The van der Waals surface area contributed by atoms with Crippen LogP contribution in [0.1, 0.15) is 206 Å². The largest absolute Gasteiger partial charge is 0.362 e. The van der Waals surface area contributed by atoms with E-state index in [0.717, 1.165) is 25.7 Å². The summed E-state index contributed by atoms with van der Waals surface area (Å²) in [6, 6.07) is 0. The van der Waals surface area contributed by atoms with Crippen LogP contribution >= 0.6 is 0 Å². The summed E-state index contributed by atoms with van der Waals surface area (Å²) in [4.78, 5) is 31.4. The fourth-order valence-electron chi connectivity index (χ4n) is 6.15. The maximum Gasteiger partial charge on any atom is 0.285 e. The lowest BCUT2D eigenvalue weighted by atomic mass is 10.0. The van der Waals surface area contributed by atoms with E-state index in [0.29, 0.717) is 12.8 Å². The summed E-state index contributed by atoms with van der Waals surface area (Å²) in [5, 5.41) is 0. The maximum absolute atomic E-state index is 12.6. The van der Waals surface area contributed by atoms with Crippen LogP contribution in [-0.2, 0) is 9.59 Å². The van der Waals surface area contributed by atoms with Crippen molar-refractivity contribution >= 4 is 20.2 Å².